The van der Waals surface area contributed by atoms with E-state index >= 15 is 0 Å². The van der Waals surface area contributed by atoms with Crippen LogP contribution in [0.3, 0.4) is 0 Å². The number of hydrogen-bond donors (Lipinski definition) is 0. The Morgan fingerprint density at radius 1 is 0.682 bits per heavy atom. The van der Waals surface area contributed by atoms with Crippen molar-refractivity contribution in [3.8, 4) is 0 Å². The van der Waals surface area contributed by atoms with E-state index in [1.807, 2.05) is 4.90 Å². The third kappa shape index (κ3) is 7.87. The number of Topliss-reactive ketones (excluding diaryl/α,β-unsaturated/α-hetero) is 1. The molecule has 1 aliphatic heterocycles. The molecule has 0 aromatic carbocycles. The van der Waals surface area contributed by atoms with E-state index in [4.69, 9.17) is 0 Å². The predicted octanol–water partition coefficient (Wildman–Crippen LogP) is -0.00680. The van der Waals surface area contributed by atoms with Gasteiger partial charge in [-0.2, -0.15) is 0 Å². The number of amides is 1. The Morgan fingerprint density at radius 3 is 1.41 bits per heavy atom. The largest absolute Gasteiger partial charge is 0.340 e. The Kier molecular flexibility index (Phi) is 8.60. The molecule has 6 nitrogen and oxygen atoms in total. The standard InChI is InChI=1S/C16H32N4O2/c1-15(21)5-6-16(22)20-13-11-18(3)9-7-17(2)8-10-19(4)12-14-20/h5-14H2,1-4H3. The molecule has 1 rings (SSSR count). The Morgan fingerprint density at radius 2 is 1.05 bits per heavy atom. The lowest BCUT2D eigenvalue weighted by atomic mass is 10.2. The summed E-state index contributed by atoms with van der Waals surface area (Å²) in [4.78, 5) is 32.2. The molecule has 0 spiro atoms. The molecular weight excluding hydrogens is 280 g/mol. The summed E-state index contributed by atoms with van der Waals surface area (Å²) in [5, 5.41) is 0. The number of ketones is 1. The van der Waals surface area contributed by atoms with Crippen molar-refractivity contribution in [2.45, 2.75) is 19.8 Å². The van der Waals surface area contributed by atoms with Gasteiger partial charge in [0.25, 0.3) is 0 Å². The van der Waals surface area contributed by atoms with E-state index in [0.29, 0.717) is 12.8 Å². The summed E-state index contributed by atoms with van der Waals surface area (Å²) in [6, 6.07) is 0. The zero-order valence-electron chi connectivity index (χ0n) is 14.7. The summed E-state index contributed by atoms with van der Waals surface area (Å²) < 4.78 is 0. The van der Waals surface area contributed by atoms with Crippen molar-refractivity contribution in [3.05, 3.63) is 0 Å². The van der Waals surface area contributed by atoms with Crippen molar-refractivity contribution >= 4 is 11.7 Å². The van der Waals surface area contributed by atoms with Gasteiger partial charge in [0, 0.05) is 65.2 Å². The van der Waals surface area contributed by atoms with Crippen LogP contribution in [0.25, 0.3) is 0 Å². The minimum Gasteiger partial charge on any atom is -0.340 e. The maximum Gasteiger partial charge on any atom is 0.223 e. The molecule has 6 heteroatoms. The molecule has 0 saturated carbocycles. The van der Waals surface area contributed by atoms with Crippen LogP contribution in [0.2, 0.25) is 0 Å². The number of carbonyl (C=O) groups is 2. The van der Waals surface area contributed by atoms with Gasteiger partial charge in [-0.25, -0.2) is 0 Å². The molecule has 128 valence electrons. The monoisotopic (exact) mass is 312 g/mol. The summed E-state index contributed by atoms with van der Waals surface area (Å²) in [5.41, 5.74) is 0. The van der Waals surface area contributed by atoms with Crippen LogP contribution < -0.4 is 0 Å². The van der Waals surface area contributed by atoms with Crippen molar-refractivity contribution in [2.24, 2.45) is 0 Å². The SMILES string of the molecule is CC(=O)CCC(=O)N1CCN(C)CCN(C)CCN(C)CC1. The van der Waals surface area contributed by atoms with E-state index in [-0.39, 0.29) is 11.7 Å². The van der Waals surface area contributed by atoms with Crippen LogP contribution in [0, 0.1) is 0 Å². The molecule has 1 fully saturated rings. The second kappa shape index (κ2) is 9.92. The Balaban J connectivity index is 2.58. The van der Waals surface area contributed by atoms with E-state index in [2.05, 4.69) is 35.8 Å². The van der Waals surface area contributed by atoms with Crippen molar-refractivity contribution in [2.75, 3.05) is 73.5 Å². The van der Waals surface area contributed by atoms with Crippen LogP contribution in [-0.2, 0) is 9.59 Å². The first-order chi connectivity index (χ1) is 10.4. The van der Waals surface area contributed by atoms with Gasteiger partial charge in [0.05, 0.1) is 0 Å². The third-order valence-corrected chi connectivity index (χ3v) is 4.27. The predicted molar refractivity (Wildman–Crippen MR) is 89.0 cm³/mol. The first-order valence-electron chi connectivity index (χ1n) is 8.21. The van der Waals surface area contributed by atoms with Crippen LogP contribution in [0.4, 0.5) is 0 Å². The molecule has 1 amide bonds. The van der Waals surface area contributed by atoms with Gasteiger partial charge < -0.3 is 24.4 Å². The average molecular weight is 312 g/mol. The van der Waals surface area contributed by atoms with Gasteiger partial charge in [0.1, 0.15) is 5.78 Å². The van der Waals surface area contributed by atoms with Crippen LogP contribution in [-0.4, -0.2) is 105 Å². The van der Waals surface area contributed by atoms with Crippen molar-refractivity contribution < 1.29 is 9.59 Å². The Labute approximate surface area is 135 Å². The van der Waals surface area contributed by atoms with Gasteiger partial charge in [0.2, 0.25) is 5.91 Å². The highest BCUT2D eigenvalue weighted by Gasteiger charge is 2.16. The molecule has 22 heavy (non-hydrogen) atoms. The van der Waals surface area contributed by atoms with E-state index < -0.39 is 0 Å². The molecule has 0 aromatic rings. The van der Waals surface area contributed by atoms with Gasteiger partial charge in [-0.1, -0.05) is 0 Å². The lowest BCUT2D eigenvalue weighted by Crippen LogP contribution is -2.45. The molecule has 1 aliphatic rings. The van der Waals surface area contributed by atoms with Crippen LogP contribution in [0.5, 0.6) is 0 Å². The van der Waals surface area contributed by atoms with Crippen molar-refractivity contribution in [1.82, 2.24) is 19.6 Å². The van der Waals surface area contributed by atoms with Crippen molar-refractivity contribution in [3.63, 3.8) is 0 Å². The summed E-state index contributed by atoms with van der Waals surface area (Å²) in [6.07, 6.45) is 0.692. The van der Waals surface area contributed by atoms with Crippen LogP contribution in [0.15, 0.2) is 0 Å². The highest BCUT2D eigenvalue weighted by molar-refractivity contribution is 5.83. The van der Waals surface area contributed by atoms with Gasteiger partial charge in [-0.3, -0.25) is 4.79 Å². The summed E-state index contributed by atoms with van der Waals surface area (Å²) in [6.45, 7) is 8.89. The lowest BCUT2D eigenvalue weighted by Gasteiger charge is -2.31. The molecule has 0 bridgehead atoms. The first kappa shape index (κ1) is 19.1. The molecule has 0 unspecified atom stereocenters. The maximum absolute atomic E-state index is 12.3. The van der Waals surface area contributed by atoms with Gasteiger partial charge in [0.15, 0.2) is 0 Å². The summed E-state index contributed by atoms with van der Waals surface area (Å²) in [7, 11) is 6.36. The first-order valence-corrected chi connectivity index (χ1v) is 8.21. The van der Waals surface area contributed by atoms with Gasteiger partial charge in [-0.15, -0.1) is 0 Å². The Hall–Kier alpha value is -0.980. The van der Waals surface area contributed by atoms with Gasteiger partial charge >= 0.3 is 0 Å². The number of likely N-dealkylation sites (N-methyl/N-ethyl adjacent to an activating group) is 3. The van der Waals surface area contributed by atoms with E-state index in [0.717, 1.165) is 52.4 Å². The second-order valence-electron chi connectivity index (χ2n) is 6.49. The number of rotatable bonds is 3. The van der Waals surface area contributed by atoms with Crippen LogP contribution >= 0.6 is 0 Å². The van der Waals surface area contributed by atoms with E-state index in [1.165, 1.54) is 0 Å². The highest BCUT2D eigenvalue weighted by atomic mass is 16.2. The number of carbonyl (C=O) groups excluding carboxylic acids is 2. The summed E-state index contributed by atoms with van der Waals surface area (Å²) in [5.74, 6) is 0.186. The fourth-order valence-electron chi connectivity index (χ4n) is 2.40. The fourth-order valence-corrected chi connectivity index (χ4v) is 2.40. The smallest absolute Gasteiger partial charge is 0.223 e. The zero-order chi connectivity index (χ0) is 16.5. The Bertz CT molecular complexity index is 344. The molecule has 1 heterocycles. The van der Waals surface area contributed by atoms with Crippen LogP contribution in [0.1, 0.15) is 19.8 Å². The molecule has 0 atom stereocenters. The quantitative estimate of drug-likeness (QED) is 0.734. The lowest BCUT2D eigenvalue weighted by molar-refractivity contribution is -0.133. The molecular formula is C16H32N4O2. The minimum atomic E-state index is 0.0833. The molecule has 0 N–H and O–H groups in total. The van der Waals surface area contributed by atoms with E-state index in [1.54, 1.807) is 6.92 Å². The molecule has 0 radical (unpaired) electrons. The van der Waals surface area contributed by atoms with Gasteiger partial charge in [-0.05, 0) is 28.1 Å². The number of hydrogen-bond acceptors (Lipinski definition) is 5. The molecule has 0 aliphatic carbocycles. The fraction of sp³-hybridized carbons (Fsp3) is 0.875. The topological polar surface area (TPSA) is 47.1 Å². The number of nitrogens with zero attached hydrogens (tertiary/aromatic N) is 4. The summed E-state index contributed by atoms with van der Waals surface area (Å²) >= 11 is 0. The normalized spacial score (nSPS) is 21.2. The minimum absolute atomic E-state index is 0.0833. The van der Waals surface area contributed by atoms with E-state index in [9.17, 15) is 9.59 Å². The zero-order valence-corrected chi connectivity index (χ0v) is 14.7. The molecule has 1 saturated heterocycles. The average Bonchev–Trinajstić information content (AvgIpc) is 2.47. The maximum atomic E-state index is 12.3. The third-order valence-electron chi connectivity index (χ3n) is 4.27. The second-order valence-corrected chi connectivity index (χ2v) is 6.49. The molecule has 0 aromatic heterocycles. The highest BCUT2D eigenvalue weighted by Crippen LogP contribution is 2.02. The van der Waals surface area contributed by atoms with Crippen molar-refractivity contribution in [1.29, 1.82) is 0 Å².